The van der Waals surface area contributed by atoms with Gasteiger partial charge in [-0.1, -0.05) is 17.7 Å². The first-order valence-corrected chi connectivity index (χ1v) is 7.87. The summed E-state index contributed by atoms with van der Waals surface area (Å²) in [5, 5.41) is 3.69. The zero-order valence-electron chi connectivity index (χ0n) is 13.3. The lowest BCUT2D eigenvalue weighted by Gasteiger charge is -2.30. The molecular formula is C19H21NO2. The fourth-order valence-electron chi connectivity index (χ4n) is 3.85. The van der Waals surface area contributed by atoms with E-state index in [0.29, 0.717) is 6.79 Å². The second-order valence-corrected chi connectivity index (χ2v) is 6.35. The van der Waals surface area contributed by atoms with E-state index >= 15 is 0 Å². The van der Waals surface area contributed by atoms with Gasteiger partial charge in [0.15, 0.2) is 11.5 Å². The van der Waals surface area contributed by atoms with Crippen molar-refractivity contribution >= 4 is 0 Å². The lowest BCUT2D eigenvalue weighted by Crippen LogP contribution is -2.31. The molecule has 3 nitrogen and oxygen atoms in total. The summed E-state index contributed by atoms with van der Waals surface area (Å²) in [5.41, 5.74) is 8.10. The number of hydrogen-bond donors (Lipinski definition) is 1. The average molecular weight is 295 g/mol. The Kier molecular flexibility index (Phi) is 3.12. The van der Waals surface area contributed by atoms with Crippen LogP contribution >= 0.6 is 0 Å². The minimum Gasteiger partial charge on any atom is -0.454 e. The molecule has 4 rings (SSSR count). The maximum Gasteiger partial charge on any atom is 0.231 e. The third-order valence-corrected chi connectivity index (χ3v) is 4.71. The molecule has 0 fully saturated rings. The van der Waals surface area contributed by atoms with Crippen molar-refractivity contribution in [2.24, 2.45) is 0 Å². The summed E-state index contributed by atoms with van der Waals surface area (Å²) >= 11 is 0. The highest BCUT2D eigenvalue weighted by molar-refractivity contribution is 5.54. The van der Waals surface area contributed by atoms with Crippen LogP contribution in [-0.2, 0) is 6.42 Å². The molecule has 0 amide bonds. The molecule has 2 aliphatic rings. The summed E-state index contributed by atoms with van der Waals surface area (Å²) in [4.78, 5) is 0. The molecular weight excluding hydrogens is 274 g/mol. The minimum absolute atomic E-state index is 0.235. The van der Waals surface area contributed by atoms with Gasteiger partial charge in [0, 0.05) is 6.54 Å². The number of benzene rings is 2. The van der Waals surface area contributed by atoms with Crippen molar-refractivity contribution in [2.75, 3.05) is 13.3 Å². The normalized spacial score (nSPS) is 19.1. The van der Waals surface area contributed by atoms with Crippen LogP contribution in [0.25, 0.3) is 0 Å². The predicted octanol–water partition coefficient (Wildman–Crippen LogP) is 3.58. The van der Waals surface area contributed by atoms with Crippen LogP contribution in [0, 0.1) is 20.8 Å². The molecule has 2 aliphatic heterocycles. The first kappa shape index (κ1) is 13.6. The van der Waals surface area contributed by atoms with Gasteiger partial charge in [0.25, 0.3) is 0 Å². The van der Waals surface area contributed by atoms with Gasteiger partial charge < -0.3 is 14.8 Å². The number of ether oxygens (including phenoxy) is 2. The van der Waals surface area contributed by atoms with E-state index in [1.54, 1.807) is 0 Å². The highest BCUT2D eigenvalue weighted by Gasteiger charge is 2.27. The Hall–Kier alpha value is -2.00. The van der Waals surface area contributed by atoms with Crippen LogP contribution in [0.5, 0.6) is 11.5 Å². The standard InChI is InChI=1S/C19H21NO2/c1-11-6-12(2)18(13(3)7-11)19-15-9-17-16(21-10-22-17)8-14(15)4-5-20-19/h6-9,19-20H,4-5,10H2,1-3H3. The molecule has 2 aromatic carbocycles. The number of rotatable bonds is 1. The average Bonchev–Trinajstić information content (AvgIpc) is 2.91. The van der Waals surface area contributed by atoms with Crippen LogP contribution in [0.4, 0.5) is 0 Å². The van der Waals surface area contributed by atoms with E-state index in [4.69, 9.17) is 9.47 Å². The van der Waals surface area contributed by atoms with Crippen LogP contribution in [-0.4, -0.2) is 13.3 Å². The molecule has 114 valence electrons. The Morgan fingerprint density at radius 2 is 1.64 bits per heavy atom. The minimum atomic E-state index is 0.235. The van der Waals surface area contributed by atoms with Crippen LogP contribution in [0.2, 0.25) is 0 Å². The monoisotopic (exact) mass is 295 g/mol. The maximum absolute atomic E-state index is 5.58. The van der Waals surface area contributed by atoms with E-state index in [9.17, 15) is 0 Å². The van der Waals surface area contributed by atoms with Crippen LogP contribution in [0.1, 0.15) is 39.4 Å². The Bertz CT molecular complexity index is 728. The summed E-state index contributed by atoms with van der Waals surface area (Å²) < 4.78 is 11.1. The van der Waals surface area contributed by atoms with Crippen LogP contribution in [0.3, 0.4) is 0 Å². The Balaban J connectivity index is 1.86. The fourth-order valence-corrected chi connectivity index (χ4v) is 3.85. The predicted molar refractivity (Wildman–Crippen MR) is 86.8 cm³/mol. The van der Waals surface area contributed by atoms with Crippen molar-refractivity contribution in [3.8, 4) is 11.5 Å². The van der Waals surface area contributed by atoms with E-state index in [0.717, 1.165) is 24.5 Å². The highest BCUT2D eigenvalue weighted by Crippen LogP contribution is 2.41. The number of nitrogens with one attached hydrogen (secondary N) is 1. The number of fused-ring (bicyclic) bond motifs is 2. The molecule has 1 unspecified atom stereocenters. The van der Waals surface area contributed by atoms with Gasteiger partial charge in [0.05, 0.1) is 6.04 Å². The van der Waals surface area contributed by atoms with Gasteiger partial charge in [-0.2, -0.15) is 0 Å². The molecule has 0 saturated heterocycles. The van der Waals surface area contributed by atoms with Crippen molar-refractivity contribution in [2.45, 2.75) is 33.2 Å². The molecule has 3 heteroatoms. The van der Waals surface area contributed by atoms with Crippen molar-refractivity contribution in [1.29, 1.82) is 0 Å². The van der Waals surface area contributed by atoms with E-state index in [2.05, 4.69) is 50.4 Å². The topological polar surface area (TPSA) is 30.5 Å². The van der Waals surface area contributed by atoms with Crippen molar-refractivity contribution in [1.82, 2.24) is 5.32 Å². The Morgan fingerprint density at radius 1 is 0.955 bits per heavy atom. The molecule has 0 bridgehead atoms. The molecule has 22 heavy (non-hydrogen) atoms. The molecule has 2 aromatic rings. The number of hydrogen-bond acceptors (Lipinski definition) is 3. The Morgan fingerprint density at radius 3 is 2.36 bits per heavy atom. The smallest absolute Gasteiger partial charge is 0.231 e. The van der Waals surface area contributed by atoms with Crippen molar-refractivity contribution in [3.05, 3.63) is 57.6 Å². The van der Waals surface area contributed by atoms with Gasteiger partial charge in [-0.25, -0.2) is 0 Å². The SMILES string of the molecule is Cc1cc(C)c(C2NCCc3cc4c(cc32)OCO4)c(C)c1. The second-order valence-electron chi connectivity index (χ2n) is 6.35. The lowest BCUT2D eigenvalue weighted by molar-refractivity contribution is 0.174. The third-order valence-electron chi connectivity index (χ3n) is 4.71. The summed E-state index contributed by atoms with van der Waals surface area (Å²) in [6.45, 7) is 7.89. The molecule has 0 radical (unpaired) electrons. The zero-order valence-corrected chi connectivity index (χ0v) is 13.3. The maximum atomic E-state index is 5.58. The van der Waals surface area contributed by atoms with Crippen molar-refractivity contribution < 1.29 is 9.47 Å². The molecule has 2 heterocycles. The number of aryl methyl sites for hydroxylation is 3. The summed E-state index contributed by atoms with van der Waals surface area (Å²) in [7, 11) is 0. The molecule has 1 atom stereocenters. The van der Waals surface area contributed by atoms with E-state index in [-0.39, 0.29) is 6.04 Å². The molecule has 0 saturated carbocycles. The van der Waals surface area contributed by atoms with Gasteiger partial charge in [-0.15, -0.1) is 0 Å². The van der Waals surface area contributed by atoms with Gasteiger partial charge in [0.1, 0.15) is 0 Å². The van der Waals surface area contributed by atoms with E-state index < -0.39 is 0 Å². The zero-order chi connectivity index (χ0) is 15.3. The van der Waals surface area contributed by atoms with E-state index in [1.807, 2.05) is 0 Å². The van der Waals surface area contributed by atoms with E-state index in [1.165, 1.54) is 33.4 Å². The van der Waals surface area contributed by atoms with Gasteiger partial charge in [0.2, 0.25) is 6.79 Å². The second kappa shape index (κ2) is 5.03. The van der Waals surface area contributed by atoms with Gasteiger partial charge in [-0.3, -0.25) is 0 Å². The first-order chi connectivity index (χ1) is 10.6. The molecule has 0 aromatic heterocycles. The summed E-state index contributed by atoms with van der Waals surface area (Å²) in [5.74, 6) is 1.76. The fraction of sp³-hybridized carbons (Fsp3) is 0.368. The quantitative estimate of drug-likeness (QED) is 0.872. The van der Waals surface area contributed by atoms with Gasteiger partial charge >= 0.3 is 0 Å². The summed E-state index contributed by atoms with van der Waals surface area (Å²) in [6, 6.07) is 9.09. The van der Waals surface area contributed by atoms with Crippen LogP contribution in [0.15, 0.2) is 24.3 Å². The third kappa shape index (κ3) is 2.08. The molecule has 1 N–H and O–H groups in total. The summed E-state index contributed by atoms with van der Waals surface area (Å²) in [6.07, 6.45) is 1.03. The lowest BCUT2D eigenvalue weighted by atomic mass is 9.85. The van der Waals surface area contributed by atoms with Gasteiger partial charge in [-0.05, 0) is 67.1 Å². The molecule has 0 aliphatic carbocycles. The Labute approximate surface area is 131 Å². The molecule has 0 spiro atoms. The van der Waals surface area contributed by atoms with Crippen LogP contribution < -0.4 is 14.8 Å². The highest BCUT2D eigenvalue weighted by atomic mass is 16.7. The largest absolute Gasteiger partial charge is 0.454 e. The first-order valence-electron chi connectivity index (χ1n) is 7.87. The van der Waals surface area contributed by atoms with Crippen molar-refractivity contribution in [3.63, 3.8) is 0 Å².